The Hall–Kier alpha value is 1.78. The first-order valence-electron chi connectivity index (χ1n) is 0. The Morgan fingerprint density at radius 2 is 0.273 bits per heavy atom. The minimum atomic E-state index is 0. The van der Waals surface area contributed by atoms with Gasteiger partial charge in [-0.05, 0) is 0 Å². The molecule has 0 bridgehead atoms. The van der Waals surface area contributed by atoms with Crippen molar-refractivity contribution in [3.8, 4) is 0 Å². The normalized spacial score (nSPS) is 0. The minimum Gasteiger partial charge on any atom is -0.412 e. The SMILES string of the molecule is Cl.Cl.Cl.O.O.O.O.O.O.O.[La]. The molecule has 1 radical (unpaired) electrons. The Kier molecular flexibility index (Phi) is 21800. The molecule has 0 aromatic heterocycles. The maximum Gasteiger partial charge on any atom is 0 e. The van der Waals surface area contributed by atoms with Crippen molar-refractivity contribution < 1.29 is 73.9 Å². The number of hydrogen-bond acceptors (Lipinski definition) is 0. The van der Waals surface area contributed by atoms with Crippen molar-refractivity contribution in [3.05, 3.63) is 0 Å². The molecule has 0 aliphatic carbocycles. The van der Waals surface area contributed by atoms with E-state index in [4.69, 9.17) is 0 Å². The van der Waals surface area contributed by atoms with E-state index in [0.29, 0.717) is 0 Å². The molecule has 0 saturated heterocycles. The Balaban J connectivity index is 0. The molecule has 0 atom stereocenters. The summed E-state index contributed by atoms with van der Waals surface area (Å²) in [6.45, 7) is 0. The molecule has 0 aromatic carbocycles. The molecule has 11 heavy (non-hydrogen) atoms. The van der Waals surface area contributed by atoms with Crippen molar-refractivity contribution in [1.82, 2.24) is 0 Å². The van der Waals surface area contributed by atoms with E-state index in [1.807, 2.05) is 0 Å². The molecule has 0 unspecified atom stereocenters. The van der Waals surface area contributed by atoms with Gasteiger partial charge in [0.25, 0.3) is 0 Å². The van der Waals surface area contributed by atoms with Gasteiger partial charge in [0.2, 0.25) is 0 Å². The predicted octanol–water partition coefficient (Wildman–Crippen LogP) is -4.51. The molecule has 0 rings (SSSR count). The first kappa shape index (κ1) is 557. The van der Waals surface area contributed by atoms with Gasteiger partial charge in [0.05, 0.1) is 0 Å². The average Bonchev–Trinajstić information content (AvgIpc) is 0. The van der Waals surface area contributed by atoms with Gasteiger partial charge in [0.15, 0.2) is 0 Å². The summed E-state index contributed by atoms with van der Waals surface area (Å²) >= 11 is 0. The van der Waals surface area contributed by atoms with E-state index in [1.165, 1.54) is 0 Å². The monoisotopic (exact) mass is 373 g/mol. The summed E-state index contributed by atoms with van der Waals surface area (Å²) in [5, 5.41) is 0. The smallest absolute Gasteiger partial charge is 0 e. The van der Waals surface area contributed by atoms with E-state index in [2.05, 4.69) is 0 Å². The van der Waals surface area contributed by atoms with Crippen LogP contribution < -0.4 is 0 Å². The van der Waals surface area contributed by atoms with Gasteiger partial charge in [-0.3, -0.25) is 0 Å². The third kappa shape index (κ3) is 354. The molecule has 0 heterocycles. The Morgan fingerprint density at radius 1 is 0.273 bits per heavy atom. The van der Waals surface area contributed by atoms with Crippen LogP contribution in [0.3, 0.4) is 0 Å². The summed E-state index contributed by atoms with van der Waals surface area (Å²) in [6, 6.07) is 0. The van der Waals surface area contributed by atoms with Crippen LogP contribution in [0.4, 0.5) is 0 Å². The van der Waals surface area contributed by atoms with Gasteiger partial charge in [0.1, 0.15) is 0 Å². The third-order valence-corrected chi connectivity index (χ3v) is 0. The molecule has 0 fully saturated rings. The van der Waals surface area contributed by atoms with Crippen LogP contribution in [0.25, 0.3) is 0 Å². The van der Waals surface area contributed by atoms with Crippen LogP contribution in [0.1, 0.15) is 0 Å². The van der Waals surface area contributed by atoms with Crippen LogP contribution >= 0.6 is 37.2 Å². The van der Waals surface area contributed by atoms with E-state index < -0.39 is 0 Å². The van der Waals surface area contributed by atoms with Crippen LogP contribution in [0, 0.1) is 35.6 Å². The predicted molar refractivity (Wildman–Crippen MR) is 47.0 cm³/mol. The molecule has 0 spiro atoms. The summed E-state index contributed by atoms with van der Waals surface area (Å²) in [4.78, 5) is 0. The standard InChI is InChI=1S/3ClH.La.7H2O/h3*1H;;7*1H2. The van der Waals surface area contributed by atoms with Crippen molar-refractivity contribution >= 4 is 37.2 Å². The fraction of sp³-hybridized carbons (Fsp3) is 0. The maximum absolute atomic E-state index is 0. The van der Waals surface area contributed by atoms with Crippen molar-refractivity contribution in [2.45, 2.75) is 0 Å². The van der Waals surface area contributed by atoms with Gasteiger partial charge in [-0.25, -0.2) is 0 Å². The summed E-state index contributed by atoms with van der Waals surface area (Å²) in [5.74, 6) is 0. The van der Waals surface area contributed by atoms with Crippen molar-refractivity contribution in [2.75, 3.05) is 0 Å². The topological polar surface area (TPSA) is 220 Å². The summed E-state index contributed by atoms with van der Waals surface area (Å²) in [5.41, 5.74) is 0. The summed E-state index contributed by atoms with van der Waals surface area (Å²) < 4.78 is 0. The van der Waals surface area contributed by atoms with Gasteiger partial charge in [-0.2, -0.15) is 0 Å². The Morgan fingerprint density at radius 3 is 0.273 bits per heavy atom. The first-order valence-corrected chi connectivity index (χ1v) is 0. The van der Waals surface area contributed by atoms with Gasteiger partial charge < -0.3 is 38.3 Å². The average molecular weight is 374 g/mol. The Labute approximate surface area is 110 Å². The van der Waals surface area contributed by atoms with Crippen molar-refractivity contribution in [1.29, 1.82) is 0 Å². The fourth-order valence-electron chi connectivity index (χ4n) is 0. The zero-order valence-electron chi connectivity index (χ0n) is 5.30. The molecule has 0 saturated carbocycles. The second kappa shape index (κ2) is 430. The molecule has 0 aliphatic rings. The first-order chi connectivity index (χ1) is 0. The van der Waals surface area contributed by atoms with Crippen LogP contribution in [-0.2, 0) is 0 Å². The van der Waals surface area contributed by atoms with Crippen LogP contribution in [0.2, 0.25) is 0 Å². The van der Waals surface area contributed by atoms with E-state index in [9.17, 15) is 0 Å². The van der Waals surface area contributed by atoms with E-state index in [1.54, 1.807) is 0 Å². The van der Waals surface area contributed by atoms with Crippen molar-refractivity contribution in [3.63, 3.8) is 0 Å². The fourth-order valence-corrected chi connectivity index (χ4v) is 0. The van der Waals surface area contributed by atoms with Gasteiger partial charge >= 0.3 is 0 Å². The van der Waals surface area contributed by atoms with Gasteiger partial charge in [-0.1, -0.05) is 0 Å². The molecular weight excluding hydrogens is 357 g/mol. The zero-order chi connectivity index (χ0) is 0. The van der Waals surface area contributed by atoms with Crippen LogP contribution in [-0.4, -0.2) is 38.3 Å². The molecule has 83 valence electrons. The second-order valence-electron chi connectivity index (χ2n) is 0. The number of rotatable bonds is 0. The largest absolute Gasteiger partial charge is 0.412 e. The molecule has 11 heteroatoms. The van der Waals surface area contributed by atoms with Gasteiger partial charge in [-0.15, -0.1) is 37.2 Å². The second-order valence-corrected chi connectivity index (χ2v) is 0. The molecule has 0 aliphatic heterocycles. The van der Waals surface area contributed by atoms with Crippen LogP contribution in [0.5, 0.6) is 0 Å². The zero-order valence-corrected chi connectivity index (χ0v) is 11.4. The third-order valence-electron chi connectivity index (χ3n) is 0. The molecule has 0 amide bonds. The summed E-state index contributed by atoms with van der Waals surface area (Å²) in [6.07, 6.45) is 0. The van der Waals surface area contributed by atoms with E-state index in [-0.39, 0.29) is 111 Å². The number of hydrogen-bond donors (Lipinski definition) is 0. The Bertz CT molecular complexity index is 13.6. The van der Waals surface area contributed by atoms with E-state index >= 15 is 0 Å². The van der Waals surface area contributed by atoms with Crippen molar-refractivity contribution in [2.24, 2.45) is 0 Å². The molecule has 14 N–H and O–H groups in total. The molecule has 0 aromatic rings. The van der Waals surface area contributed by atoms with Gasteiger partial charge in [0, 0.05) is 35.6 Å². The van der Waals surface area contributed by atoms with Crippen LogP contribution in [0.15, 0.2) is 0 Å². The van der Waals surface area contributed by atoms with E-state index in [0.717, 1.165) is 0 Å². The number of halogens is 3. The maximum atomic E-state index is 0. The minimum absolute atomic E-state index is 0. The molecular formula is H17Cl3LaO7. The molecule has 7 nitrogen and oxygen atoms in total. The summed E-state index contributed by atoms with van der Waals surface area (Å²) in [7, 11) is 0. The quantitative estimate of drug-likeness (QED) is 0.391.